The molecule has 0 aromatic carbocycles. The number of rotatable bonds is 5. The van der Waals surface area contributed by atoms with E-state index in [0.717, 1.165) is 17.5 Å². The molecule has 0 spiro atoms. The maximum atomic E-state index is 14.4. The highest BCUT2D eigenvalue weighted by molar-refractivity contribution is 7.93. The second-order valence-corrected chi connectivity index (χ2v) is 10.8. The lowest BCUT2D eigenvalue weighted by Gasteiger charge is -2.19. The van der Waals surface area contributed by atoms with Gasteiger partial charge in [0.15, 0.2) is 9.92 Å². The maximum Gasteiger partial charge on any atom is 0.354 e. The van der Waals surface area contributed by atoms with Gasteiger partial charge in [0, 0.05) is 5.56 Å². The molecule has 29 heavy (non-hydrogen) atoms. The van der Waals surface area contributed by atoms with Crippen molar-refractivity contribution >= 4 is 33.0 Å². The lowest BCUT2D eigenvalue weighted by molar-refractivity contribution is 0.0789. The Labute approximate surface area is 174 Å². The number of pyridine rings is 1. The second kappa shape index (κ2) is 8.47. The molecule has 0 radical (unpaired) electrons. The molecule has 0 saturated carbocycles. The number of hydrogen-bond acceptors (Lipinski definition) is 5. The molecule has 2 aromatic heterocycles. The van der Waals surface area contributed by atoms with Crippen LogP contribution in [-0.4, -0.2) is 20.3 Å². The number of halogens is 1. The molecular formula is C19H27FN4O3S2. The number of carbonyl (C=O) groups excluding carboxylic acids is 1. The topological polar surface area (TPSA) is 118 Å². The van der Waals surface area contributed by atoms with Crippen LogP contribution in [0.2, 0.25) is 0 Å². The van der Waals surface area contributed by atoms with Crippen molar-refractivity contribution in [2.24, 2.45) is 9.50 Å². The van der Waals surface area contributed by atoms with Crippen LogP contribution in [0, 0.1) is 5.82 Å². The van der Waals surface area contributed by atoms with Crippen LogP contribution in [0.3, 0.4) is 0 Å². The summed E-state index contributed by atoms with van der Waals surface area (Å²) in [6.07, 6.45) is 1.13. The predicted molar refractivity (Wildman–Crippen MR) is 114 cm³/mol. The number of amides is 2. The number of nitrogens with one attached hydrogen (secondary N) is 1. The molecule has 7 nitrogen and oxygen atoms in total. The summed E-state index contributed by atoms with van der Waals surface area (Å²) < 4.78 is 31.0. The fraction of sp³-hybridized carbons (Fsp3) is 0.474. The van der Waals surface area contributed by atoms with E-state index in [1.807, 2.05) is 13.8 Å². The van der Waals surface area contributed by atoms with E-state index in [-0.39, 0.29) is 21.7 Å². The van der Waals surface area contributed by atoms with E-state index in [2.05, 4.69) is 14.7 Å². The minimum Gasteiger partial charge on any atom is -0.386 e. The monoisotopic (exact) mass is 442 g/mol. The van der Waals surface area contributed by atoms with E-state index in [4.69, 9.17) is 5.14 Å². The van der Waals surface area contributed by atoms with Crippen LogP contribution in [-0.2, 0) is 15.5 Å². The predicted octanol–water partition coefficient (Wildman–Crippen LogP) is 4.69. The van der Waals surface area contributed by atoms with Gasteiger partial charge in [0.25, 0.3) is 0 Å². The first-order valence-corrected chi connectivity index (χ1v) is 11.6. The van der Waals surface area contributed by atoms with Crippen LogP contribution in [0.1, 0.15) is 70.2 Å². The van der Waals surface area contributed by atoms with E-state index in [1.165, 1.54) is 6.07 Å². The van der Waals surface area contributed by atoms with E-state index in [1.54, 1.807) is 33.1 Å². The van der Waals surface area contributed by atoms with Gasteiger partial charge in [-0.2, -0.15) is 0 Å². The minimum absolute atomic E-state index is 0.0859. The average Bonchev–Trinajstić information content (AvgIpc) is 3.04. The first-order chi connectivity index (χ1) is 13.2. The largest absolute Gasteiger partial charge is 0.386 e. The lowest BCUT2D eigenvalue weighted by atomic mass is 9.96. The molecule has 2 rings (SSSR count). The molecule has 4 N–H and O–H groups in total. The maximum absolute atomic E-state index is 14.4. The smallest absolute Gasteiger partial charge is 0.354 e. The average molecular weight is 443 g/mol. The minimum atomic E-state index is -3.54. The highest BCUT2D eigenvalue weighted by atomic mass is 32.2. The van der Waals surface area contributed by atoms with Gasteiger partial charge in [-0.1, -0.05) is 27.7 Å². The Morgan fingerprint density at radius 1 is 1.34 bits per heavy atom. The molecule has 2 amide bonds. The molecule has 0 saturated heterocycles. The number of aliphatic hydroxyl groups is 1. The number of nitrogens with two attached hydrogens (primary N) is 1. The highest BCUT2D eigenvalue weighted by Gasteiger charge is 2.23. The third-order valence-electron chi connectivity index (χ3n) is 4.24. The van der Waals surface area contributed by atoms with Crippen LogP contribution in [0.25, 0.3) is 0 Å². The first kappa shape index (κ1) is 23.4. The summed E-state index contributed by atoms with van der Waals surface area (Å²) in [4.78, 5) is 16.6. The van der Waals surface area contributed by atoms with Gasteiger partial charge in [0.2, 0.25) is 0 Å². The molecule has 0 fully saturated rings. The van der Waals surface area contributed by atoms with E-state index in [9.17, 15) is 18.5 Å². The summed E-state index contributed by atoms with van der Waals surface area (Å²) >= 11 is 1.04. The molecule has 1 atom stereocenters. The molecule has 10 heteroatoms. The third kappa shape index (κ3) is 5.39. The Morgan fingerprint density at radius 3 is 2.45 bits per heavy atom. The van der Waals surface area contributed by atoms with E-state index in [0.29, 0.717) is 16.8 Å². The summed E-state index contributed by atoms with van der Waals surface area (Å²) in [7, 11) is -3.54. The Balaban J connectivity index is 2.46. The Bertz CT molecular complexity index is 1030. The number of carbonyl (C=O) groups is 1. The fourth-order valence-corrected chi connectivity index (χ4v) is 5.02. The van der Waals surface area contributed by atoms with Gasteiger partial charge < -0.3 is 10.4 Å². The van der Waals surface area contributed by atoms with Crippen molar-refractivity contribution in [2.45, 2.75) is 63.2 Å². The van der Waals surface area contributed by atoms with Crippen LogP contribution >= 0.6 is 11.3 Å². The molecule has 0 bridgehead atoms. The van der Waals surface area contributed by atoms with Crippen molar-refractivity contribution in [2.75, 3.05) is 5.32 Å². The van der Waals surface area contributed by atoms with Crippen molar-refractivity contribution in [1.82, 2.24) is 4.98 Å². The second-order valence-electron chi connectivity index (χ2n) is 7.89. The quantitative estimate of drug-likeness (QED) is 0.622. The number of hydrogen-bond donors (Lipinski definition) is 3. The van der Waals surface area contributed by atoms with Crippen molar-refractivity contribution in [3.63, 3.8) is 0 Å². The molecule has 0 unspecified atom stereocenters. The number of urea groups is 1. The number of nitrogens with zero attached hydrogens (tertiary/aromatic N) is 2. The Morgan fingerprint density at radius 2 is 1.97 bits per heavy atom. The summed E-state index contributed by atoms with van der Waals surface area (Å²) in [6, 6.07) is 0.513. The van der Waals surface area contributed by atoms with Gasteiger partial charge in [-0.05, 0) is 42.7 Å². The molecule has 2 heterocycles. The van der Waals surface area contributed by atoms with Gasteiger partial charge in [0.1, 0.15) is 10.0 Å². The van der Waals surface area contributed by atoms with Gasteiger partial charge in [-0.3, -0.25) is 4.98 Å². The van der Waals surface area contributed by atoms with Crippen molar-refractivity contribution in [1.29, 1.82) is 0 Å². The Kier molecular flexibility index (Phi) is 6.83. The molecule has 0 aliphatic heterocycles. The standard InChI is InChI=1S/C19H27FN4O3S2/c1-10(2)15-13(20)8-22-16(11(3)4)17(15)23-18(25)24-29(21,27)14-7-12(9-28-14)19(5,6)26/h7-11,26H,1-6H3,(H3,21,23,24,25,27)/t29-/m0/s1. The zero-order valence-corrected chi connectivity index (χ0v) is 18.9. The number of aromatic nitrogens is 1. The molecule has 160 valence electrons. The van der Waals surface area contributed by atoms with Crippen LogP contribution in [0.15, 0.2) is 26.2 Å². The van der Waals surface area contributed by atoms with Crippen molar-refractivity contribution < 1.29 is 18.5 Å². The van der Waals surface area contributed by atoms with E-state index < -0.39 is 27.4 Å². The molecule has 0 aliphatic rings. The molecule has 0 aliphatic carbocycles. The summed E-state index contributed by atoms with van der Waals surface area (Å²) in [6.45, 7) is 10.5. The van der Waals surface area contributed by atoms with Gasteiger partial charge >= 0.3 is 6.03 Å². The fourth-order valence-electron chi connectivity index (χ4n) is 2.74. The summed E-state index contributed by atoms with van der Waals surface area (Å²) in [5, 5.41) is 20.0. The van der Waals surface area contributed by atoms with Crippen molar-refractivity contribution in [3.05, 3.63) is 40.3 Å². The highest BCUT2D eigenvalue weighted by Crippen LogP contribution is 2.33. The van der Waals surface area contributed by atoms with Crippen molar-refractivity contribution in [3.8, 4) is 0 Å². The van der Waals surface area contributed by atoms with Crippen LogP contribution in [0.5, 0.6) is 0 Å². The third-order valence-corrected chi connectivity index (χ3v) is 7.10. The van der Waals surface area contributed by atoms with Crippen LogP contribution in [0.4, 0.5) is 14.9 Å². The number of thiophene rings is 1. The van der Waals surface area contributed by atoms with Gasteiger partial charge in [-0.15, -0.1) is 15.7 Å². The van der Waals surface area contributed by atoms with Gasteiger partial charge in [0.05, 0.1) is 23.2 Å². The zero-order chi connectivity index (χ0) is 22.1. The molecule has 2 aromatic rings. The van der Waals surface area contributed by atoms with Gasteiger partial charge in [-0.25, -0.2) is 18.5 Å². The normalized spacial score (nSPS) is 14.2. The molecular weight excluding hydrogens is 415 g/mol. The zero-order valence-electron chi connectivity index (χ0n) is 17.3. The van der Waals surface area contributed by atoms with Crippen LogP contribution < -0.4 is 10.5 Å². The first-order valence-electron chi connectivity index (χ1n) is 9.09. The number of anilines is 1. The SMILES string of the molecule is CC(C)c1ncc(F)c(C(C)C)c1NC(=O)N=[S@](N)(=O)c1cc(C(C)(C)O)cs1. The van der Waals surface area contributed by atoms with E-state index >= 15 is 0 Å². The summed E-state index contributed by atoms with van der Waals surface area (Å²) in [5.74, 6) is -0.849. The lowest BCUT2D eigenvalue weighted by Crippen LogP contribution is -2.19. The Hall–Kier alpha value is -1.88. The summed E-state index contributed by atoms with van der Waals surface area (Å²) in [5.41, 5.74) is 0.406.